The molecule has 5 rings (SSSR count). The van der Waals surface area contributed by atoms with E-state index in [0.29, 0.717) is 10.9 Å². The molecule has 4 heterocycles. The molecule has 1 N–H and O–H groups in total. The van der Waals surface area contributed by atoms with Crippen LogP contribution in [0.2, 0.25) is 0 Å². The second-order valence-electron chi connectivity index (χ2n) is 8.26. The highest BCUT2D eigenvalue weighted by atomic mass is 19.4. The maximum absolute atomic E-state index is 13.1. The quantitative estimate of drug-likeness (QED) is 0.454. The van der Waals surface area contributed by atoms with Crippen molar-refractivity contribution >= 4 is 16.9 Å². The van der Waals surface area contributed by atoms with Crippen LogP contribution in [-0.2, 0) is 12.7 Å². The number of benzene rings is 1. The van der Waals surface area contributed by atoms with Gasteiger partial charge in [-0.2, -0.15) is 18.3 Å². The number of carboxylic acids is 1. The lowest BCUT2D eigenvalue weighted by Gasteiger charge is -2.14. The Kier molecular flexibility index (Phi) is 5.52. The van der Waals surface area contributed by atoms with E-state index in [1.807, 2.05) is 12.3 Å². The van der Waals surface area contributed by atoms with Gasteiger partial charge in [-0.25, -0.2) is 9.48 Å². The Bertz CT molecular complexity index is 1380. The molecule has 7 nitrogen and oxygen atoms in total. The average Bonchev–Trinajstić information content (AvgIpc) is 3.46. The Labute approximate surface area is 192 Å². The third-order valence-corrected chi connectivity index (χ3v) is 5.89. The summed E-state index contributed by atoms with van der Waals surface area (Å²) in [6, 6.07) is 9.35. The zero-order valence-corrected chi connectivity index (χ0v) is 18.0. The van der Waals surface area contributed by atoms with Gasteiger partial charge in [0.15, 0.2) is 5.69 Å². The van der Waals surface area contributed by atoms with Gasteiger partial charge in [-0.3, -0.25) is 14.9 Å². The number of fused-ring (bicyclic) bond motifs is 1. The van der Waals surface area contributed by atoms with Crippen LogP contribution in [0, 0.1) is 0 Å². The van der Waals surface area contributed by atoms with Gasteiger partial charge in [-0.15, -0.1) is 0 Å². The third-order valence-electron chi connectivity index (χ3n) is 5.89. The highest BCUT2D eigenvalue weighted by Crippen LogP contribution is 2.31. The summed E-state index contributed by atoms with van der Waals surface area (Å²) in [5.41, 5.74) is 1.75. The van der Waals surface area contributed by atoms with Crippen molar-refractivity contribution < 1.29 is 23.1 Å². The zero-order valence-electron chi connectivity index (χ0n) is 18.0. The first-order chi connectivity index (χ1) is 16.3. The van der Waals surface area contributed by atoms with Gasteiger partial charge in [-0.05, 0) is 67.4 Å². The Morgan fingerprint density at radius 1 is 1.03 bits per heavy atom. The Balaban J connectivity index is 1.57. The van der Waals surface area contributed by atoms with Crippen LogP contribution >= 0.6 is 0 Å². The smallest absolute Gasteiger partial charge is 0.433 e. The molecule has 0 amide bonds. The number of halogens is 3. The number of likely N-dealkylation sites (tertiary alicyclic amines) is 1. The molecule has 0 saturated carbocycles. The molecule has 3 aromatic heterocycles. The third kappa shape index (κ3) is 4.24. The normalized spacial score (nSPS) is 14.7. The molecule has 0 spiro atoms. The SMILES string of the molecule is O=C(O)c1nn(-c2ccnc(C(F)(F)F)c2)c2ccc(-c3cncc(CN4CCCC4)c3)cc12. The second kappa shape index (κ2) is 8.53. The number of alkyl halides is 3. The van der Waals surface area contributed by atoms with Crippen molar-refractivity contribution in [1.82, 2.24) is 24.6 Å². The monoisotopic (exact) mass is 467 g/mol. The van der Waals surface area contributed by atoms with Gasteiger partial charge >= 0.3 is 12.1 Å². The molecule has 0 unspecified atom stereocenters. The number of pyridine rings is 2. The second-order valence-corrected chi connectivity index (χ2v) is 8.26. The fourth-order valence-electron chi connectivity index (χ4n) is 4.29. The van der Waals surface area contributed by atoms with Crippen molar-refractivity contribution in [2.24, 2.45) is 0 Å². The van der Waals surface area contributed by atoms with Crippen molar-refractivity contribution in [3.8, 4) is 16.8 Å². The number of nitrogens with zero attached hydrogens (tertiary/aromatic N) is 5. The number of hydrogen-bond donors (Lipinski definition) is 1. The number of carboxylic acid groups (broad SMARTS) is 1. The number of hydrogen-bond acceptors (Lipinski definition) is 5. The van der Waals surface area contributed by atoms with Gasteiger partial charge in [0.2, 0.25) is 0 Å². The highest BCUT2D eigenvalue weighted by Gasteiger charge is 2.33. The summed E-state index contributed by atoms with van der Waals surface area (Å²) in [6.07, 6.45) is 2.30. The molecule has 10 heteroatoms. The van der Waals surface area contributed by atoms with E-state index in [9.17, 15) is 23.1 Å². The largest absolute Gasteiger partial charge is 0.476 e. The van der Waals surface area contributed by atoms with E-state index in [2.05, 4.69) is 20.0 Å². The Morgan fingerprint density at radius 2 is 1.82 bits per heavy atom. The van der Waals surface area contributed by atoms with Crippen LogP contribution in [0.3, 0.4) is 0 Å². The molecule has 1 aromatic carbocycles. The molecule has 1 aliphatic heterocycles. The number of carbonyl (C=O) groups is 1. The lowest BCUT2D eigenvalue weighted by atomic mass is 10.0. The molecule has 4 aromatic rings. The van der Waals surface area contributed by atoms with Crippen molar-refractivity contribution in [2.45, 2.75) is 25.6 Å². The predicted octanol–water partition coefficient (Wildman–Crippen LogP) is 4.80. The van der Waals surface area contributed by atoms with Crippen molar-refractivity contribution in [1.29, 1.82) is 0 Å². The van der Waals surface area contributed by atoms with Gasteiger partial charge in [0.05, 0.1) is 11.2 Å². The first-order valence-corrected chi connectivity index (χ1v) is 10.8. The van der Waals surface area contributed by atoms with Crippen LogP contribution in [0.15, 0.2) is 55.0 Å². The molecule has 0 atom stereocenters. The molecule has 0 aliphatic carbocycles. The van der Waals surface area contributed by atoms with Crippen LogP contribution in [0.25, 0.3) is 27.7 Å². The first kappa shape index (κ1) is 22.0. The average molecular weight is 467 g/mol. The van der Waals surface area contributed by atoms with Crippen molar-refractivity contribution in [2.75, 3.05) is 13.1 Å². The number of aromatic carboxylic acids is 1. The number of aromatic nitrogens is 4. The van der Waals surface area contributed by atoms with Crippen LogP contribution in [0.4, 0.5) is 13.2 Å². The van der Waals surface area contributed by atoms with E-state index < -0.39 is 17.8 Å². The Morgan fingerprint density at radius 3 is 2.56 bits per heavy atom. The van der Waals surface area contributed by atoms with E-state index in [1.165, 1.54) is 23.6 Å². The molecule has 34 heavy (non-hydrogen) atoms. The fraction of sp³-hybridized carbons (Fsp3) is 0.250. The molecular formula is C24H20F3N5O2. The topological polar surface area (TPSA) is 84.1 Å². The summed E-state index contributed by atoms with van der Waals surface area (Å²) in [5.74, 6) is -1.27. The van der Waals surface area contributed by atoms with Gasteiger partial charge < -0.3 is 5.11 Å². The van der Waals surface area contributed by atoms with E-state index >= 15 is 0 Å². The van der Waals surface area contributed by atoms with Gasteiger partial charge in [0.1, 0.15) is 5.69 Å². The zero-order chi connectivity index (χ0) is 23.9. The molecule has 0 bridgehead atoms. The lowest BCUT2D eigenvalue weighted by Crippen LogP contribution is -2.18. The standard InChI is InChI=1S/C24H20F3N5O2/c25-24(26,27)21-11-18(5-6-29-21)32-20-4-3-16(10-19(20)22(30-32)23(33)34)17-9-15(12-28-13-17)14-31-7-1-2-8-31/h3-6,9-13H,1-2,7-8,14H2,(H,33,34). The van der Waals surface area contributed by atoms with Gasteiger partial charge in [0.25, 0.3) is 0 Å². The maximum atomic E-state index is 13.1. The minimum Gasteiger partial charge on any atom is -0.476 e. The van der Waals surface area contributed by atoms with Gasteiger partial charge in [-0.1, -0.05) is 6.07 Å². The van der Waals surface area contributed by atoms with Crippen molar-refractivity contribution in [3.63, 3.8) is 0 Å². The predicted molar refractivity (Wildman–Crippen MR) is 119 cm³/mol. The van der Waals surface area contributed by atoms with Crippen LogP contribution in [-0.4, -0.2) is 48.8 Å². The summed E-state index contributed by atoms with van der Waals surface area (Å²) < 4.78 is 40.6. The van der Waals surface area contributed by atoms with Crippen LogP contribution < -0.4 is 0 Å². The summed E-state index contributed by atoms with van der Waals surface area (Å²) in [7, 11) is 0. The maximum Gasteiger partial charge on any atom is 0.433 e. The van der Waals surface area contributed by atoms with E-state index in [1.54, 1.807) is 24.4 Å². The van der Waals surface area contributed by atoms with Crippen molar-refractivity contribution in [3.05, 3.63) is 71.9 Å². The molecule has 174 valence electrons. The van der Waals surface area contributed by atoms with E-state index in [0.717, 1.165) is 48.6 Å². The summed E-state index contributed by atoms with van der Waals surface area (Å²) in [6.45, 7) is 2.91. The van der Waals surface area contributed by atoms with E-state index in [4.69, 9.17) is 0 Å². The highest BCUT2D eigenvalue weighted by molar-refractivity contribution is 6.03. The summed E-state index contributed by atoms with van der Waals surface area (Å²) in [5, 5.41) is 14.1. The lowest BCUT2D eigenvalue weighted by molar-refractivity contribution is -0.141. The molecule has 1 saturated heterocycles. The summed E-state index contributed by atoms with van der Waals surface area (Å²) in [4.78, 5) is 22.0. The van der Waals surface area contributed by atoms with Gasteiger partial charge in [0, 0.05) is 36.1 Å². The van der Waals surface area contributed by atoms with Crippen LogP contribution in [0.1, 0.15) is 34.6 Å². The first-order valence-electron chi connectivity index (χ1n) is 10.8. The Hall–Kier alpha value is -3.79. The van der Waals surface area contributed by atoms with Crippen LogP contribution in [0.5, 0.6) is 0 Å². The number of rotatable bonds is 5. The fourth-order valence-corrected chi connectivity index (χ4v) is 4.29. The minimum absolute atomic E-state index is 0.0712. The minimum atomic E-state index is -4.63. The summed E-state index contributed by atoms with van der Waals surface area (Å²) >= 11 is 0. The van der Waals surface area contributed by atoms with E-state index in [-0.39, 0.29) is 11.4 Å². The molecular weight excluding hydrogens is 447 g/mol. The molecule has 0 radical (unpaired) electrons. The molecule has 1 aliphatic rings. The molecule has 1 fully saturated rings.